The summed E-state index contributed by atoms with van der Waals surface area (Å²) in [6, 6.07) is 5.93. The maximum atomic E-state index is 11.6. The summed E-state index contributed by atoms with van der Waals surface area (Å²) in [7, 11) is 0. The van der Waals surface area contributed by atoms with E-state index < -0.39 is 0 Å². The Kier molecular flexibility index (Phi) is 7.49. The van der Waals surface area contributed by atoms with Crippen molar-refractivity contribution in [3.63, 3.8) is 0 Å². The molecule has 0 spiro atoms. The summed E-state index contributed by atoms with van der Waals surface area (Å²) in [6.45, 7) is 10.8. The summed E-state index contributed by atoms with van der Waals surface area (Å²) in [5, 5.41) is 5.11. The molecule has 2 amide bonds. The number of carbonyl (C=O) groups excluding carboxylic acids is 2. The minimum atomic E-state index is -0.289. The lowest BCUT2D eigenvalue weighted by Crippen LogP contribution is -2.34. The van der Waals surface area contributed by atoms with E-state index in [1.165, 1.54) is 6.92 Å². The van der Waals surface area contributed by atoms with Crippen LogP contribution in [0, 0.1) is 13.8 Å². The number of carbonyl (C=O) groups is 2. The van der Waals surface area contributed by atoms with Gasteiger partial charge >= 0.3 is 0 Å². The summed E-state index contributed by atoms with van der Waals surface area (Å²) >= 11 is 0. The van der Waals surface area contributed by atoms with Gasteiger partial charge in [-0.2, -0.15) is 0 Å². The van der Waals surface area contributed by atoms with Crippen LogP contribution in [-0.2, 0) is 9.59 Å². The van der Waals surface area contributed by atoms with E-state index >= 15 is 0 Å². The quantitative estimate of drug-likeness (QED) is 0.597. The Morgan fingerprint density at radius 3 is 2.33 bits per heavy atom. The standard InChI is InChI=1S/C19H24N2O3/c1-6-17(24-19-13(2)8-7-9-14(19)3)11-10-15(4)21-18(23)12-20-16(5)22/h6-11H,1,12H2,2-5H3,(H,20,22)(H,21,23)/b15-10+,17-11+. The smallest absolute Gasteiger partial charge is 0.243 e. The molecule has 1 aromatic carbocycles. The highest BCUT2D eigenvalue weighted by atomic mass is 16.5. The topological polar surface area (TPSA) is 67.4 Å². The Hall–Kier alpha value is -2.82. The van der Waals surface area contributed by atoms with Gasteiger partial charge in [-0.3, -0.25) is 9.59 Å². The highest BCUT2D eigenvalue weighted by molar-refractivity contribution is 5.84. The van der Waals surface area contributed by atoms with Crippen molar-refractivity contribution in [1.29, 1.82) is 0 Å². The Labute approximate surface area is 143 Å². The van der Waals surface area contributed by atoms with E-state index in [2.05, 4.69) is 17.2 Å². The maximum Gasteiger partial charge on any atom is 0.243 e. The number of ether oxygens (including phenoxy) is 1. The second kappa shape index (κ2) is 9.35. The van der Waals surface area contributed by atoms with Gasteiger partial charge in [0.15, 0.2) is 0 Å². The Morgan fingerprint density at radius 1 is 1.17 bits per heavy atom. The average Bonchev–Trinajstić information content (AvgIpc) is 2.52. The van der Waals surface area contributed by atoms with Crippen molar-refractivity contribution in [3.05, 3.63) is 65.6 Å². The van der Waals surface area contributed by atoms with Gasteiger partial charge in [0.05, 0.1) is 6.54 Å². The molecule has 5 heteroatoms. The molecule has 0 heterocycles. The predicted molar refractivity (Wildman–Crippen MR) is 95.4 cm³/mol. The first-order chi connectivity index (χ1) is 11.3. The molecular weight excluding hydrogens is 304 g/mol. The Morgan fingerprint density at radius 2 is 1.79 bits per heavy atom. The third-order valence-electron chi connectivity index (χ3n) is 3.16. The fourth-order valence-corrected chi connectivity index (χ4v) is 1.94. The molecule has 128 valence electrons. The first-order valence-corrected chi connectivity index (χ1v) is 7.63. The molecule has 0 aromatic heterocycles. The molecule has 0 saturated heterocycles. The van der Waals surface area contributed by atoms with Crippen molar-refractivity contribution in [2.75, 3.05) is 6.54 Å². The SMILES string of the molecule is C=C/C(=C\C=C(/C)NC(=O)CNC(C)=O)Oc1c(C)cccc1C. The second-order valence-electron chi connectivity index (χ2n) is 5.40. The van der Waals surface area contributed by atoms with Crippen LogP contribution in [0.1, 0.15) is 25.0 Å². The van der Waals surface area contributed by atoms with E-state index in [1.807, 2.05) is 32.0 Å². The molecule has 2 N–H and O–H groups in total. The van der Waals surface area contributed by atoms with E-state index in [-0.39, 0.29) is 18.4 Å². The summed E-state index contributed by atoms with van der Waals surface area (Å²) in [6.07, 6.45) is 5.05. The molecule has 5 nitrogen and oxygen atoms in total. The van der Waals surface area contributed by atoms with Gasteiger partial charge in [0.25, 0.3) is 0 Å². The van der Waals surface area contributed by atoms with Crippen LogP contribution in [0.2, 0.25) is 0 Å². The molecule has 0 fully saturated rings. The number of hydrogen-bond donors (Lipinski definition) is 2. The van der Waals surface area contributed by atoms with Gasteiger partial charge in [-0.15, -0.1) is 0 Å². The van der Waals surface area contributed by atoms with Crippen molar-refractivity contribution < 1.29 is 14.3 Å². The number of amides is 2. The van der Waals surface area contributed by atoms with Crippen LogP contribution in [0.15, 0.2) is 54.5 Å². The zero-order valence-corrected chi connectivity index (χ0v) is 14.6. The predicted octanol–water partition coefficient (Wildman–Crippen LogP) is 2.91. The van der Waals surface area contributed by atoms with Gasteiger partial charge in [0.1, 0.15) is 11.5 Å². The first-order valence-electron chi connectivity index (χ1n) is 7.63. The van der Waals surface area contributed by atoms with Crippen LogP contribution in [0.3, 0.4) is 0 Å². The van der Waals surface area contributed by atoms with Gasteiger partial charge in [-0.25, -0.2) is 0 Å². The van der Waals surface area contributed by atoms with Crippen LogP contribution in [0.25, 0.3) is 0 Å². The zero-order valence-electron chi connectivity index (χ0n) is 14.6. The monoisotopic (exact) mass is 328 g/mol. The largest absolute Gasteiger partial charge is 0.457 e. The third kappa shape index (κ3) is 6.52. The van der Waals surface area contributed by atoms with Gasteiger partial charge in [-0.1, -0.05) is 24.8 Å². The minimum absolute atomic E-state index is 0.0581. The van der Waals surface area contributed by atoms with Crippen molar-refractivity contribution in [2.24, 2.45) is 0 Å². The van der Waals surface area contributed by atoms with E-state index in [0.717, 1.165) is 16.9 Å². The lowest BCUT2D eigenvalue weighted by atomic mass is 10.1. The number of hydrogen-bond acceptors (Lipinski definition) is 3. The molecule has 0 atom stereocenters. The van der Waals surface area contributed by atoms with Crippen molar-refractivity contribution >= 4 is 11.8 Å². The highest BCUT2D eigenvalue weighted by Crippen LogP contribution is 2.24. The number of nitrogens with one attached hydrogen (secondary N) is 2. The number of para-hydroxylation sites is 1. The van der Waals surface area contributed by atoms with E-state index in [4.69, 9.17) is 4.74 Å². The summed E-state index contributed by atoms with van der Waals surface area (Å²) < 4.78 is 5.89. The average molecular weight is 328 g/mol. The van der Waals surface area contributed by atoms with Gasteiger partial charge in [-0.05, 0) is 50.1 Å². The van der Waals surface area contributed by atoms with Gasteiger partial charge in [0, 0.05) is 12.6 Å². The van der Waals surface area contributed by atoms with E-state index in [1.54, 1.807) is 25.2 Å². The Bertz CT molecular complexity index is 668. The molecular formula is C19H24N2O3. The molecule has 1 rings (SSSR count). The van der Waals surface area contributed by atoms with Crippen molar-refractivity contribution in [2.45, 2.75) is 27.7 Å². The summed E-state index contributed by atoms with van der Waals surface area (Å²) in [5.41, 5.74) is 2.70. The maximum absolute atomic E-state index is 11.6. The molecule has 0 unspecified atom stereocenters. The van der Waals surface area contributed by atoms with Crippen LogP contribution in [0.5, 0.6) is 5.75 Å². The lowest BCUT2D eigenvalue weighted by molar-refractivity contribution is -0.124. The molecule has 24 heavy (non-hydrogen) atoms. The number of benzene rings is 1. The van der Waals surface area contributed by atoms with Crippen LogP contribution < -0.4 is 15.4 Å². The lowest BCUT2D eigenvalue weighted by Gasteiger charge is -2.12. The van der Waals surface area contributed by atoms with Crippen LogP contribution in [-0.4, -0.2) is 18.4 Å². The summed E-state index contributed by atoms with van der Waals surface area (Å²) in [5.74, 6) is 0.832. The van der Waals surface area contributed by atoms with Crippen LogP contribution >= 0.6 is 0 Å². The van der Waals surface area contributed by atoms with Gasteiger partial charge in [0.2, 0.25) is 11.8 Å². The minimum Gasteiger partial charge on any atom is -0.457 e. The van der Waals surface area contributed by atoms with Gasteiger partial charge < -0.3 is 15.4 Å². The third-order valence-corrected chi connectivity index (χ3v) is 3.16. The molecule has 0 aliphatic heterocycles. The second-order valence-corrected chi connectivity index (χ2v) is 5.40. The normalized spacial score (nSPS) is 11.7. The molecule has 0 saturated carbocycles. The fourth-order valence-electron chi connectivity index (χ4n) is 1.94. The number of rotatable bonds is 7. The van der Waals surface area contributed by atoms with Crippen molar-refractivity contribution in [1.82, 2.24) is 10.6 Å². The summed E-state index contributed by atoms with van der Waals surface area (Å²) in [4.78, 5) is 22.4. The molecule has 0 aliphatic carbocycles. The highest BCUT2D eigenvalue weighted by Gasteiger charge is 2.05. The molecule has 1 aromatic rings. The van der Waals surface area contributed by atoms with E-state index in [0.29, 0.717) is 11.5 Å². The first kappa shape index (κ1) is 19.2. The van der Waals surface area contributed by atoms with Crippen LogP contribution in [0.4, 0.5) is 0 Å². The number of allylic oxidation sites excluding steroid dienone is 4. The van der Waals surface area contributed by atoms with E-state index in [9.17, 15) is 9.59 Å². The molecule has 0 aliphatic rings. The Balaban J connectivity index is 2.75. The fraction of sp³-hybridized carbons (Fsp3) is 0.263. The molecule has 0 bridgehead atoms. The van der Waals surface area contributed by atoms with Crippen molar-refractivity contribution in [3.8, 4) is 5.75 Å². The molecule has 0 radical (unpaired) electrons. The zero-order chi connectivity index (χ0) is 18.1. The number of aryl methyl sites for hydroxylation is 2.